The minimum Gasteiger partial charge on any atom is -0.461 e. The molecule has 7 heteroatoms. The summed E-state index contributed by atoms with van der Waals surface area (Å²) in [6.07, 6.45) is -0.796. The number of carbonyl (C=O) groups is 1. The highest BCUT2D eigenvalue weighted by Gasteiger charge is 2.31. The maximum absolute atomic E-state index is 12.6. The van der Waals surface area contributed by atoms with Crippen LogP contribution in [0.15, 0.2) is 30.5 Å². The fourth-order valence-electron chi connectivity index (χ4n) is 2.37. The molecule has 0 atom stereocenters. The zero-order valence-electron chi connectivity index (χ0n) is 12.9. The van der Waals surface area contributed by atoms with Crippen LogP contribution in [0.4, 0.5) is 13.2 Å². The third-order valence-electron chi connectivity index (χ3n) is 3.76. The maximum atomic E-state index is 12.6. The van der Waals surface area contributed by atoms with Gasteiger partial charge in [-0.3, -0.25) is 4.79 Å². The predicted octanol–water partition coefficient (Wildman–Crippen LogP) is 4.10. The van der Waals surface area contributed by atoms with Gasteiger partial charge in [0.1, 0.15) is 6.61 Å². The number of benzene rings is 1. The number of esters is 1. The SMILES string of the molecule is CC(=O)OCc1cnc(-c2ccc(C(F)(F)F)cc2)nc1C1CC1. The fraction of sp³-hybridized carbons (Fsp3) is 0.353. The van der Waals surface area contributed by atoms with E-state index >= 15 is 0 Å². The van der Waals surface area contributed by atoms with Crippen molar-refractivity contribution in [3.8, 4) is 11.4 Å². The average molecular weight is 336 g/mol. The van der Waals surface area contributed by atoms with E-state index < -0.39 is 11.7 Å². The molecule has 0 spiro atoms. The first-order valence-corrected chi connectivity index (χ1v) is 7.51. The van der Waals surface area contributed by atoms with Crippen LogP contribution in [0.25, 0.3) is 11.4 Å². The zero-order valence-corrected chi connectivity index (χ0v) is 12.9. The molecular formula is C17H15F3N2O2. The lowest BCUT2D eigenvalue weighted by atomic mass is 10.1. The number of rotatable bonds is 4. The Labute approximate surface area is 136 Å². The van der Waals surface area contributed by atoms with Crippen molar-refractivity contribution < 1.29 is 22.7 Å². The number of nitrogens with zero attached hydrogens (tertiary/aromatic N) is 2. The molecule has 1 aromatic heterocycles. The predicted molar refractivity (Wildman–Crippen MR) is 79.9 cm³/mol. The molecule has 24 heavy (non-hydrogen) atoms. The third kappa shape index (κ3) is 3.72. The monoisotopic (exact) mass is 336 g/mol. The molecule has 0 bridgehead atoms. The van der Waals surface area contributed by atoms with E-state index in [2.05, 4.69) is 9.97 Å². The number of hydrogen-bond donors (Lipinski definition) is 0. The molecule has 0 amide bonds. The maximum Gasteiger partial charge on any atom is 0.416 e. The van der Waals surface area contributed by atoms with Gasteiger partial charge in [-0.15, -0.1) is 0 Å². The lowest BCUT2D eigenvalue weighted by Crippen LogP contribution is -2.06. The van der Waals surface area contributed by atoms with Crippen LogP contribution in [0, 0.1) is 0 Å². The number of carbonyl (C=O) groups excluding carboxylic acids is 1. The van der Waals surface area contributed by atoms with E-state index in [1.165, 1.54) is 19.1 Å². The molecule has 126 valence electrons. The molecule has 1 aliphatic rings. The topological polar surface area (TPSA) is 52.1 Å². The molecule has 4 nitrogen and oxygen atoms in total. The van der Waals surface area contributed by atoms with Crippen molar-refractivity contribution in [2.24, 2.45) is 0 Å². The molecule has 1 saturated carbocycles. The standard InChI is InChI=1S/C17H15F3N2O2/c1-10(23)24-9-13-8-21-16(22-15(13)11-2-3-11)12-4-6-14(7-5-12)17(18,19)20/h4-8,11H,2-3,9H2,1H3. The van der Waals surface area contributed by atoms with Gasteiger partial charge in [0.05, 0.1) is 11.3 Å². The Bertz CT molecular complexity index is 753. The van der Waals surface area contributed by atoms with Crippen LogP contribution in [0.3, 0.4) is 0 Å². The number of ether oxygens (including phenoxy) is 1. The van der Waals surface area contributed by atoms with Crippen molar-refractivity contribution in [3.05, 3.63) is 47.3 Å². The van der Waals surface area contributed by atoms with Gasteiger partial charge >= 0.3 is 12.1 Å². The van der Waals surface area contributed by atoms with Crippen molar-refractivity contribution in [3.63, 3.8) is 0 Å². The molecule has 0 saturated heterocycles. The van der Waals surface area contributed by atoms with Crippen LogP contribution in [-0.4, -0.2) is 15.9 Å². The highest BCUT2D eigenvalue weighted by atomic mass is 19.4. The van der Waals surface area contributed by atoms with E-state index in [9.17, 15) is 18.0 Å². The van der Waals surface area contributed by atoms with E-state index in [-0.39, 0.29) is 12.6 Å². The van der Waals surface area contributed by atoms with Gasteiger partial charge in [-0.1, -0.05) is 12.1 Å². The summed E-state index contributed by atoms with van der Waals surface area (Å²) in [5.74, 6) is 0.285. The van der Waals surface area contributed by atoms with Gasteiger partial charge in [0.2, 0.25) is 0 Å². The average Bonchev–Trinajstić information content (AvgIpc) is 3.37. The molecule has 1 aliphatic carbocycles. The first-order chi connectivity index (χ1) is 11.3. The summed E-state index contributed by atoms with van der Waals surface area (Å²) in [6, 6.07) is 4.76. The van der Waals surface area contributed by atoms with E-state index in [1.54, 1.807) is 6.20 Å². The molecule has 3 rings (SSSR count). The van der Waals surface area contributed by atoms with E-state index in [4.69, 9.17) is 4.74 Å². The summed E-state index contributed by atoms with van der Waals surface area (Å²) >= 11 is 0. The molecular weight excluding hydrogens is 321 g/mol. The smallest absolute Gasteiger partial charge is 0.416 e. The second kappa shape index (κ2) is 6.22. The quantitative estimate of drug-likeness (QED) is 0.789. The van der Waals surface area contributed by atoms with Crippen LogP contribution in [0.1, 0.15) is 42.5 Å². The molecule has 0 N–H and O–H groups in total. The lowest BCUT2D eigenvalue weighted by molar-refractivity contribution is -0.142. The Morgan fingerprint density at radius 3 is 2.46 bits per heavy atom. The number of hydrogen-bond acceptors (Lipinski definition) is 4. The summed E-state index contributed by atoms with van der Waals surface area (Å²) in [5, 5.41) is 0. The number of halogens is 3. The summed E-state index contributed by atoms with van der Waals surface area (Å²) in [5.41, 5.74) is 1.36. The van der Waals surface area contributed by atoms with Crippen molar-refractivity contribution in [1.82, 2.24) is 9.97 Å². The number of alkyl halides is 3. The van der Waals surface area contributed by atoms with Crippen LogP contribution in [0.5, 0.6) is 0 Å². The van der Waals surface area contributed by atoms with Crippen molar-refractivity contribution in [2.75, 3.05) is 0 Å². The Balaban J connectivity index is 1.88. The van der Waals surface area contributed by atoms with Crippen LogP contribution in [0.2, 0.25) is 0 Å². The Morgan fingerprint density at radius 2 is 1.92 bits per heavy atom. The zero-order chi connectivity index (χ0) is 17.3. The summed E-state index contributed by atoms with van der Waals surface area (Å²) in [6.45, 7) is 1.43. The summed E-state index contributed by atoms with van der Waals surface area (Å²) in [7, 11) is 0. The molecule has 1 heterocycles. The first-order valence-electron chi connectivity index (χ1n) is 7.51. The van der Waals surface area contributed by atoms with E-state index in [0.717, 1.165) is 36.2 Å². The fourth-order valence-corrected chi connectivity index (χ4v) is 2.37. The Morgan fingerprint density at radius 1 is 1.25 bits per heavy atom. The molecule has 0 aliphatic heterocycles. The largest absolute Gasteiger partial charge is 0.461 e. The van der Waals surface area contributed by atoms with Crippen molar-refractivity contribution in [1.29, 1.82) is 0 Å². The van der Waals surface area contributed by atoms with Gasteiger partial charge in [-0.05, 0) is 25.0 Å². The number of aromatic nitrogens is 2. The van der Waals surface area contributed by atoms with Crippen LogP contribution >= 0.6 is 0 Å². The van der Waals surface area contributed by atoms with Gasteiger partial charge < -0.3 is 4.74 Å². The highest BCUT2D eigenvalue weighted by Crippen LogP contribution is 2.41. The van der Waals surface area contributed by atoms with Gasteiger partial charge in [0.15, 0.2) is 5.82 Å². The Kier molecular flexibility index (Phi) is 4.26. The molecule has 0 unspecified atom stereocenters. The molecule has 2 aromatic rings. The van der Waals surface area contributed by atoms with E-state index in [0.29, 0.717) is 17.3 Å². The highest BCUT2D eigenvalue weighted by molar-refractivity contribution is 5.66. The summed E-state index contributed by atoms with van der Waals surface area (Å²) in [4.78, 5) is 19.7. The minimum atomic E-state index is -4.37. The van der Waals surface area contributed by atoms with Gasteiger partial charge in [0, 0.05) is 30.2 Å². The summed E-state index contributed by atoms with van der Waals surface area (Å²) < 4.78 is 42.9. The molecule has 1 aromatic carbocycles. The van der Waals surface area contributed by atoms with Crippen molar-refractivity contribution in [2.45, 2.75) is 38.5 Å². The molecule has 0 radical (unpaired) electrons. The second-order valence-corrected chi connectivity index (χ2v) is 5.73. The lowest BCUT2D eigenvalue weighted by Gasteiger charge is -2.11. The minimum absolute atomic E-state index is 0.106. The van der Waals surface area contributed by atoms with Crippen LogP contribution < -0.4 is 0 Å². The van der Waals surface area contributed by atoms with Gasteiger partial charge in [0.25, 0.3) is 0 Å². The van der Waals surface area contributed by atoms with Crippen molar-refractivity contribution >= 4 is 5.97 Å². The Hall–Kier alpha value is -2.44. The first kappa shape index (κ1) is 16.4. The third-order valence-corrected chi connectivity index (χ3v) is 3.76. The molecule has 1 fully saturated rings. The second-order valence-electron chi connectivity index (χ2n) is 5.73. The van der Waals surface area contributed by atoms with E-state index in [1.807, 2.05) is 0 Å². The van der Waals surface area contributed by atoms with Gasteiger partial charge in [-0.25, -0.2) is 9.97 Å². The van der Waals surface area contributed by atoms with Gasteiger partial charge in [-0.2, -0.15) is 13.2 Å². The normalized spacial score (nSPS) is 14.5. The van der Waals surface area contributed by atoms with Crippen LogP contribution in [-0.2, 0) is 22.3 Å².